The molecule has 0 amide bonds. The van der Waals surface area contributed by atoms with Gasteiger partial charge in [-0.05, 0) is 19.8 Å². The van der Waals surface area contributed by atoms with E-state index >= 15 is 0 Å². The summed E-state index contributed by atoms with van der Waals surface area (Å²) in [5.41, 5.74) is 9.75. The van der Waals surface area contributed by atoms with E-state index in [0.717, 1.165) is 19.8 Å². The van der Waals surface area contributed by atoms with Gasteiger partial charge in [-0.1, -0.05) is 13.3 Å². The number of rotatable bonds is 14. The molecule has 0 saturated carbocycles. The van der Waals surface area contributed by atoms with E-state index < -0.39 is 21.3 Å². The molecule has 6 N–H and O–H groups in total. The molecule has 25 heavy (non-hydrogen) atoms. The number of nitrogens with two attached hydrogens (primary N) is 2. The van der Waals surface area contributed by atoms with E-state index in [9.17, 15) is 18.7 Å². The molecule has 0 aromatic carbocycles. The Kier molecular flexibility index (Phi) is 10.5. The predicted octanol–water partition coefficient (Wildman–Crippen LogP) is 2.13. The van der Waals surface area contributed by atoms with Crippen LogP contribution < -0.4 is 11.0 Å². The summed E-state index contributed by atoms with van der Waals surface area (Å²) in [7, 11) is -9.09. The standard InChI is InChI=1S/C13H28N2O8P2/c1-3-4-6-11(16)7-5-8-12(17)9-10-13(2,22-24(14,18)19)23-25(15,20)21/h3-10H2,1-2H3,(H3,14,18,19)(H3,15,20,21). The van der Waals surface area contributed by atoms with Crippen molar-refractivity contribution in [3.05, 3.63) is 0 Å². The second-order valence-corrected chi connectivity index (χ2v) is 8.60. The van der Waals surface area contributed by atoms with Crippen LogP contribution in [0, 0.1) is 0 Å². The van der Waals surface area contributed by atoms with Gasteiger partial charge >= 0.3 is 15.5 Å². The summed E-state index contributed by atoms with van der Waals surface area (Å²) < 4.78 is 31.6. The number of Topliss-reactive ketones (excluding diaryl/α,β-unsaturated/α-hetero) is 2. The molecule has 0 aromatic heterocycles. The summed E-state index contributed by atoms with van der Waals surface area (Å²) in [6.07, 6.45) is 2.60. The fourth-order valence-electron chi connectivity index (χ4n) is 2.13. The summed E-state index contributed by atoms with van der Waals surface area (Å²) in [6, 6.07) is 0. The van der Waals surface area contributed by atoms with Crippen LogP contribution in [-0.4, -0.2) is 27.1 Å². The third kappa shape index (κ3) is 14.4. The Labute approximate surface area is 147 Å². The Hall–Kier alpha value is -0.440. The zero-order valence-electron chi connectivity index (χ0n) is 14.5. The minimum Gasteiger partial charge on any atom is -0.313 e. The summed E-state index contributed by atoms with van der Waals surface area (Å²) >= 11 is 0. The van der Waals surface area contributed by atoms with Crippen LogP contribution in [0.3, 0.4) is 0 Å². The van der Waals surface area contributed by atoms with Crippen molar-refractivity contribution in [2.45, 2.75) is 71.0 Å². The molecule has 0 heterocycles. The van der Waals surface area contributed by atoms with Gasteiger partial charge in [-0.3, -0.25) is 18.6 Å². The highest BCUT2D eigenvalue weighted by Gasteiger charge is 2.38. The molecule has 0 aromatic rings. The van der Waals surface area contributed by atoms with Gasteiger partial charge in [0, 0.05) is 32.1 Å². The molecule has 2 unspecified atom stereocenters. The highest BCUT2D eigenvalue weighted by Crippen LogP contribution is 2.47. The van der Waals surface area contributed by atoms with Gasteiger partial charge in [-0.25, -0.2) is 20.1 Å². The van der Waals surface area contributed by atoms with Gasteiger partial charge in [0.2, 0.25) is 0 Å². The number of unbranched alkanes of at least 4 members (excludes halogenated alkanes) is 1. The molecule has 0 rings (SSSR count). The number of hydrogen-bond acceptors (Lipinski definition) is 6. The first-order chi connectivity index (χ1) is 11.3. The maximum atomic E-state index is 11.9. The summed E-state index contributed by atoms with van der Waals surface area (Å²) in [5.74, 6) is -2.24. The first-order valence-electron chi connectivity index (χ1n) is 7.94. The molecule has 2 atom stereocenters. The number of ketones is 2. The van der Waals surface area contributed by atoms with E-state index in [0.29, 0.717) is 19.3 Å². The molecular weight excluding hydrogens is 374 g/mol. The summed E-state index contributed by atoms with van der Waals surface area (Å²) in [6.45, 7) is 3.07. The first kappa shape index (κ1) is 24.6. The molecule has 0 saturated heterocycles. The van der Waals surface area contributed by atoms with Crippen molar-refractivity contribution in [3.63, 3.8) is 0 Å². The predicted molar refractivity (Wildman–Crippen MR) is 91.2 cm³/mol. The lowest BCUT2D eigenvalue weighted by Crippen LogP contribution is -2.33. The molecule has 0 aliphatic rings. The van der Waals surface area contributed by atoms with Crippen LogP contribution in [0.15, 0.2) is 0 Å². The van der Waals surface area contributed by atoms with Gasteiger partial charge < -0.3 is 9.79 Å². The Morgan fingerprint density at radius 1 is 0.920 bits per heavy atom. The van der Waals surface area contributed by atoms with Gasteiger partial charge in [-0.2, -0.15) is 0 Å². The average molecular weight is 402 g/mol. The zero-order valence-corrected chi connectivity index (χ0v) is 16.3. The van der Waals surface area contributed by atoms with E-state index in [1.165, 1.54) is 0 Å². The molecule has 10 nitrogen and oxygen atoms in total. The van der Waals surface area contributed by atoms with E-state index in [2.05, 4.69) is 9.05 Å². The molecule has 0 spiro atoms. The number of hydrogen-bond donors (Lipinski definition) is 4. The van der Waals surface area contributed by atoms with Crippen LogP contribution in [0.5, 0.6) is 0 Å². The quantitative estimate of drug-likeness (QED) is 0.248. The van der Waals surface area contributed by atoms with Crippen molar-refractivity contribution < 1.29 is 37.6 Å². The van der Waals surface area contributed by atoms with Gasteiger partial charge in [0.1, 0.15) is 11.6 Å². The normalized spacial score (nSPS) is 18.8. The van der Waals surface area contributed by atoms with E-state index in [1.54, 1.807) is 0 Å². The molecule has 0 aliphatic carbocycles. The Morgan fingerprint density at radius 2 is 1.32 bits per heavy atom. The van der Waals surface area contributed by atoms with Crippen molar-refractivity contribution in [1.29, 1.82) is 0 Å². The minimum absolute atomic E-state index is 0.0971. The third-order valence-electron chi connectivity index (χ3n) is 3.23. The molecular formula is C13H28N2O8P2. The maximum Gasteiger partial charge on any atom is 0.402 e. The van der Waals surface area contributed by atoms with Crippen LogP contribution in [-0.2, 0) is 27.8 Å². The van der Waals surface area contributed by atoms with E-state index in [-0.39, 0.29) is 30.8 Å². The van der Waals surface area contributed by atoms with Gasteiger partial charge in [-0.15, -0.1) is 0 Å². The molecule has 12 heteroatoms. The SMILES string of the molecule is CCCCC(=O)CCCC(=O)CCC(C)(OP(N)(=O)O)OP(N)(=O)O. The average Bonchev–Trinajstić information content (AvgIpc) is 2.39. The lowest BCUT2D eigenvalue weighted by atomic mass is 10.0. The largest absolute Gasteiger partial charge is 0.402 e. The highest BCUT2D eigenvalue weighted by molar-refractivity contribution is 7.50. The number of carbonyl (C=O) groups is 2. The topological polar surface area (TPSA) is 179 Å². The Balaban J connectivity index is 4.48. The van der Waals surface area contributed by atoms with Crippen molar-refractivity contribution in [3.8, 4) is 0 Å². The van der Waals surface area contributed by atoms with Crippen LogP contribution in [0.1, 0.15) is 65.2 Å². The molecule has 0 fully saturated rings. The lowest BCUT2D eigenvalue weighted by molar-refractivity contribution is -0.131. The summed E-state index contributed by atoms with van der Waals surface area (Å²) in [5, 5.41) is 0. The highest BCUT2D eigenvalue weighted by atomic mass is 31.2. The van der Waals surface area contributed by atoms with E-state index in [4.69, 9.17) is 20.8 Å². The van der Waals surface area contributed by atoms with Crippen molar-refractivity contribution in [1.82, 2.24) is 0 Å². The number of carbonyl (C=O) groups excluding carboxylic acids is 2. The molecule has 0 radical (unpaired) electrons. The zero-order chi connectivity index (χ0) is 19.7. The second-order valence-electron chi connectivity index (χ2n) is 5.98. The molecule has 148 valence electrons. The molecule has 0 aliphatic heterocycles. The van der Waals surface area contributed by atoms with Crippen molar-refractivity contribution in [2.24, 2.45) is 11.0 Å². The van der Waals surface area contributed by atoms with E-state index in [1.807, 2.05) is 6.92 Å². The third-order valence-corrected chi connectivity index (χ3v) is 4.52. The van der Waals surface area contributed by atoms with Crippen LogP contribution >= 0.6 is 15.5 Å². The van der Waals surface area contributed by atoms with Crippen molar-refractivity contribution >= 4 is 27.1 Å². The second kappa shape index (κ2) is 10.6. The minimum atomic E-state index is -4.55. The lowest BCUT2D eigenvalue weighted by Gasteiger charge is -2.30. The van der Waals surface area contributed by atoms with Crippen LogP contribution in [0.25, 0.3) is 0 Å². The fourth-order valence-corrected chi connectivity index (χ4v) is 3.56. The monoisotopic (exact) mass is 402 g/mol. The van der Waals surface area contributed by atoms with Gasteiger partial charge in [0.05, 0.1) is 0 Å². The molecule has 0 bridgehead atoms. The van der Waals surface area contributed by atoms with Gasteiger partial charge in [0.15, 0.2) is 5.79 Å². The van der Waals surface area contributed by atoms with Gasteiger partial charge in [0.25, 0.3) is 0 Å². The van der Waals surface area contributed by atoms with Crippen LogP contribution in [0.4, 0.5) is 0 Å². The fraction of sp³-hybridized carbons (Fsp3) is 0.846. The summed E-state index contributed by atoms with van der Waals surface area (Å²) in [4.78, 5) is 41.6. The Bertz CT molecular complexity index is 518. The first-order valence-corrected chi connectivity index (χ1v) is 11.2. The van der Waals surface area contributed by atoms with Crippen molar-refractivity contribution in [2.75, 3.05) is 0 Å². The Morgan fingerprint density at radius 3 is 1.72 bits per heavy atom. The smallest absolute Gasteiger partial charge is 0.313 e. The maximum absolute atomic E-state index is 11.9. The van der Waals surface area contributed by atoms with Crippen LogP contribution in [0.2, 0.25) is 0 Å².